The summed E-state index contributed by atoms with van der Waals surface area (Å²) < 4.78 is 2.89. The maximum atomic E-state index is 6.11. The van der Waals surface area contributed by atoms with Crippen molar-refractivity contribution in [2.75, 3.05) is 0 Å². The molecule has 90 valence electrons. The average Bonchev–Trinajstić information content (AvgIpc) is 2.80. The topological polar surface area (TPSA) is 30.7 Å². The van der Waals surface area contributed by atoms with Gasteiger partial charge in [-0.3, -0.25) is 0 Å². The second kappa shape index (κ2) is 5.65. The number of alkyl halides is 1. The molecule has 1 unspecified atom stereocenters. The van der Waals surface area contributed by atoms with Gasteiger partial charge >= 0.3 is 0 Å². The second-order valence-electron chi connectivity index (χ2n) is 3.84. The monoisotopic (exact) mass is 313 g/mol. The van der Waals surface area contributed by atoms with Crippen LogP contribution in [0.25, 0.3) is 0 Å². The molecule has 1 aromatic carbocycles. The Hall–Kier alpha value is -0.870. The molecule has 1 atom stereocenters. The fraction of sp³-hybridized carbons (Fsp3) is 0.333. The van der Waals surface area contributed by atoms with Crippen LogP contribution in [0.5, 0.6) is 0 Å². The highest BCUT2D eigenvalue weighted by Crippen LogP contribution is 2.21. The van der Waals surface area contributed by atoms with Crippen LogP contribution in [0.2, 0.25) is 0 Å². The van der Waals surface area contributed by atoms with Gasteiger partial charge in [-0.1, -0.05) is 40.2 Å². The van der Waals surface area contributed by atoms with Crippen molar-refractivity contribution in [2.24, 2.45) is 0 Å². The molecule has 0 aliphatic rings. The van der Waals surface area contributed by atoms with E-state index in [1.165, 1.54) is 5.56 Å². The molecular formula is C12H13BrClN3. The van der Waals surface area contributed by atoms with Crippen molar-refractivity contribution in [2.45, 2.75) is 25.3 Å². The molecular weight excluding hydrogens is 302 g/mol. The van der Waals surface area contributed by atoms with Gasteiger partial charge in [0, 0.05) is 4.47 Å². The third-order valence-electron chi connectivity index (χ3n) is 2.49. The fourth-order valence-corrected chi connectivity index (χ4v) is 1.88. The molecule has 0 fully saturated rings. The lowest BCUT2D eigenvalue weighted by atomic mass is 10.2. The van der Waals surface area contributed by atoms with E-state index >= 15 is 0 Å². The Labute approximate surface area is 114 Å². The average molecular weight is 315 g/mol. The van der Waals surface area contributed by atoms with Gasteiger partial charge in [0.25, 0.3) is 0 Å². The SMILES string of the molecule is CCC(Cl)c1cn(Cc2ccc(Br)cc2)nn1. The molecule has 17 heavy (non-hydrogen) atoms. The molecule has 0 bridgehead atoms. The predicted octanol–water partition coefficient (Wildman–Crippen LogP) is 3.78. The van der Waals surface area contributed by atoms with Gasteiger partial charge in [-0.05, 0) is 24.1 Å². The lowest BCUT2D eigenvalue weighted by Gasteiger charge is -2.01. The number of benzene rings is 1. The molecule has 5 heteroatoms. The number of hydrogen-bond acceptors (Lipinski definition) is 2. The van der Waals surface area contributed by atoms with Crippen molar-refractivity contribution in [3.63, 3.8) is 0 Å². The van der Waals surface area contributed by atoms with Crippen LogP contribution >= 0.6 is 27.5 Å². The molecule has 1 heterocycles. The normalized spacial score (nSPS) is 12.6. The Morgan fingerprint density at radius 3 is 2.71 bits per heavy atom. The Balaban J connectivity index is 2.08. The number of hydrogen-bond donors (Lipinski definition) is 0. The van der Waals surface area contributed by atoms with E-state index in [0.29, 0.717) is 6.54 Å². The van der Waals surface area contributed by atoms with E-state index in [1.54, 1.807) is 0 Å². The highest BCUT2D eigenvalue weighted by atomic mass is 79.9. The predicted molar refractivity (Wildman–Crippen MR) is 72.2 cm³/mol. The summed E-state index contributed by atoms with van der Waals surface area (Å²) in [6.07, 6.45) is 2.77. The van der Waals surface area contributed by atoms with Crippen LogP contribution in [-0.4, -0.2) is 15.0 Å². The van der Waals surface area contributed by atoms with Crippen molar-refractivity contribution < 1.29 is 0 Å². The lowest BCUT2D eigenvalue weighted by Crippen LogP contribution is -2.00. The highest BCUT2D eigenvalue weighted by molar-refractivity contribution is 9.10. The van der Waals surface area contributed by atoms with E-state index in [0.717, 1.165) is 16.6 Å². The van der Waals surface area contributed by atoms with Crippen LogP contribution in [0.1, 0.15) is 30.0 Å². The van der Waals surface area contributed by atoms with Crippen LogP contribution in [0.4, 0.5) is 0 Å². The minimum absolute atomic E-state index is 0.0475. The zero-order valence-electron chi connectivity index (χ0n) is 9.48. The van der Waals surface area contributed by atoms with Gasteiger partial charge < -0.3 is 0 Å². The largest absolute Gasteiger partial charge is 0.248 e. The fourth-order valence-electron chi connectivity index (χ4n) is 1.52. The highest BCUT2D eigenvalue weighted by Gasteiger charge is 2.09. The van der Waals surface area contributed by atoms with E-state index < -0.39 is 0 Å². The number of nitrogens with zero attached hydrogens (tertiary/aromatic N) is 3. The Bertz CT molecular complexity index is 481. The molecule has 0 amide bonds. The quantitative estimate of drug-likeness (QED) is 0.804. The first-order valence-corrected chi connectivity index (χ1v) is 6.70. The first kappa shape index (κ1) is 12.6. The van der Waals surface area contributed by atoms with Crippen molar-refractivity contribution >= 4 is 27.5 Å². The van der Waals surface area contributed by atoms with E-state index in [4.69, 9.17) is 11.6 Å². The van der Waals surface area contributed by atoms with Gasteiger partial charge in [-0.25, -0.2) is 4.68 Å². The third kappa shape index (κ3) is 3.30. The van der Waals surface area contributed by atoms with E-state index in [-0.39, 0.29) is 5.38 Å². The van der Waals surface area contributed by atoms with Gasteiger partial charge in [0.15, 0.2) is 0 Å². The summed E-state index contributed by atoms with van der Waals surface area (Å²) in [5, 5.41) is 8.10. The van der Waals surface area contributed by atoms with Crippen LogP contribution in [0, 0.1) is 0 Å². The molecule has 0 spiro atoms. The zero-order chi connectivity index (χ0) is 12.3. The van der Waals surface area contributed by atoms with Gasteiger partial charge in [0.2, 0.25) is 0 Å². The van der Waals surface area contributed by atoms with Crippen molar-refractivity contribution in [3.05, 3.63) is 46.2 Å². The molecule has 0 saturated heterocycles. The third-order valence-corrected chi connectivity index (χ3v) is 3.55. The van der Waals surface area contributed by atoms with Crippen LogP contribution < -0.4 is 0 Å². The Kier molecular flexibility index (Phi) is 4.18. The maximum Gasteiger partial charge on any atom is 0.101 e. The van der Waals surface area contributed by atoms with Gasteiger partial charge in [0.1, 0.15) is 5.69 Å². The summed E-state index contributed by atoms with van der Waals surface area (Å²) in [6.45, 7) is 2.75. The Morgan fingerprint density at radius 2 is 2.06 bits per heavy atom. The van der Waals surface area contributed by atoms with Gasteiger partial charge in [0.05, 0.1) is 18.1 Å². The first-order valence-electron chi connectivity index (χ1n) is 5.47. The number of aromatic nitrogens is 3. The van der Waals surface area contributed by atoms with E-state index in [2.05, 4.69) is 38.4 Å². The minimum Gasteiger partial charge on any atom is -0.248 e. The number of halogens is 2. The van der Waals surface area contributed by atoms with Gasteiger partial charge in [-0.2, -0.15) is 0 Å². The molecule has 0 radical (unpaired) electrons. The lowest BCUT2D eigenvalue weighted by molar-refractivity contribution is 0.649. The summed E-state index contributed by atoms with van der Waals surface area (Å²) in [4.78, 5) is 0. The van der Waals surface area contributed by atoms with E-state index in [9.17, 15) is 0 Å². The Morgan fingerprint density at radius 1 is 1.35 bits per heavy atom. The van der Waals surface area contributed by atoms with Crippen LogP contribution in [-0.2, 0) is 6.54 Å². The number of rotatable bonds is 4. The smallest absolute Gasteiger partial charge is 0.101 e. The standard InChI is InChI=1S/C12H13BrClN3/c1-2-11(14)12-8-17(16-15-12)7-9-3-5-10(13)6-4-9/h3-6,8,11H,2,7H2,1H3. The summed E-state index contributed by atoms with van der Waals surface area (Å²) >= 11 is 9.52. The minimum atomic E-state index is -0.0475. The van der Waals surface area contributed by atoms with Crippen LogP contribution in [0.15, 0.2) is 34.9 Å². The maximum absolute atomic E-state index is 6.11. The van der Waals surface area contributed by atoms with E-state index in [1.807, 2.05) is 29.9 Å². The molecule has 2 rings (SSSR count). The molecule has 2 aromatic rings. The zero-order valence-corrected chi connectivity index (χ0v) is 11.8. The summed E-state index contributed by atoms with van der Waals surface area (Å²) in [5.41, 5.74) is 2.03. The molecule has 1 aromatic heterocycles. The van der Waals surface area contributed by atoms with Gasteiger partial charge in [-0.15, -0.1) is 16.7 Å². The molecule has 0 aliphatic carbocycles. The summed E-state index contributed by atoms with van der Waals surface area (Å²) in [6, 6.07) is 8.15. The summed E-state index contributed by atoms with van der Waals surface area (Å²) in [7, 11) is 0. The molecule has 3 nitrogen and oxygen atoms in total. The summed E-state index contributed by atoms with van der Waals surface area (Å²) in [5.74, 6) is 0. The first-order chi connectivity index (χ1) is 8.19. The second-order valence-corrected chi connectivity index (χ2v) is 5.29. The van der Waals surface area contributed by atoms with Crippen LogP contribution in [0.3, 0.4) is 0 Å². The van der Waals surface area contributed by atoms with Crippen molar-refractivity contribution in [1.29, 1.82) is 0 Å². The molecule has 0 aliphatic heterocycles. The molecule has 0 saturated carbocycles. The molecule has 0 N–H and O–H groups in total. The van der Waals surface area contributed by atoms with Crippen molar-refractivity contribution in [3.8, 4) is 0 Å². The van der Waals surface area contributed by atoms with Crippen molar-refractivity contribution in [1.82, 2.24) is 15.0 Å².